The molecule has 1 unspecified atom stereocenters. The zero-order valence-electron chi connectivity index (χ0n) is 7.95. The van der Waals surface area contributed by atoms with Gasteiger partial charge in [0.15, 0.2) is 0 Å². The lowest BCUT2D eigenvalue weighted by Crippen LogP contribution is -2.34. The predicted octanol–water partition coefficient (Wildman–Crippen LogP) is 1.00. The van der Waals surface area contributed by atoms with Gasteiger partial charge in [-0.25, -0.2) is 0 Å². The first kappa shape index (κ1) is 9.96. The Morgan fingerprint density at radius 2 is 2.46 bits per heavy atom. The highest BCUT2D eigenvalue weighted by atomic mass is 16.2. The number of Topliss-reactive ketones (excluding diaryl/α,β-unsaturated/α-hetero) is 1. The molecule has 0 radical (unpaired) electrons. The molecule has 1 aliphatic carbocycles. The number of hydrogen-bond acceptors (Lipinski definition) is 2. The van der Waals surface area contributed by atoms with Gasteiger partial charge in [-0.05, 0) is 12.8 Å². The van der Waals surface area contributed by atoms with Crippen molar-refractivity contribution in [3.8, 4) is 0 Å². The molecule has 0 bridgehead atoms. The molecule has 3 heteroatoms. The van der Waals surface area contributed by atoms with Gasteiger partial charge in [-0.1, -0.05) is 6.08 Å². The molecule has 0 spiro atoms. The van der Waals surface area contributed by atoms with E-state index in [1.54, 1.807) is 18.0 Å². The van der Waals surface area contributed by atoms with Crippen molar-refractivity contribution in [2.45, 2.75) is 19.3 Å². The molecule has 0 aliphatic heterocycles. The summed E-state index contributed by atoms with van der Waals surface area (Å²) in [5, 5.41) is 0. The van der Waals surface area contributed by atoms with Crippen molar-refractivity contribution >= 4 is 11.7 Å². The summed E-state index contributed by atoms with van der Waals surface area (Å²) in [6.45, 7) is 4.07. The van der Waals surface area contributed by atoms with E-state index < -0.39 is 0 Å². The van der Waals surface area contributed by atoms with Crippen molar-refractivity contribution in [1.29, 1.82) is 0 Å². The van der Waals surface area contributed by atoms with Crippen LogP contribution in [0.4, 0.5) is 0 Å². The molecule has 0 aromatic rings. The van der Waals surface area contributed by atoms with E-state index in [-0.39, 0.29) is 17.6 Å². The van der Waals surface area contributed by atoms with Crippen LogP contribution < -0.4 is 0 Å². The van der Waals surface area contributed by atoms with E-state index in [0.717, 1.165) is 12.8 Å². The topological polar surface area (TPSA) is 37.4 Å². The van der Waals surface area contributed by atoms with Crippen molar-refractivity contribution in [1.82, 2.24) is 4.90 Å². The van der Waals surface area contributed by atoms with Gasteiger partial charge < -0.3 is 4.90 Å². The van der Waals surface area contributed by atoms with Gasteiger partial charge in [0.25, 0.3) is 0 Å². The average molecular weight is 181 g/mol. The van der Waals surface area contributed by atoms with Crippen LogP contribution in [-0.4, -0.2) is 30.2 Å². The number of carbonyl (C=O) groups excluding carboxylic acids is 2. The third kappa shape index (κ3) is 2.17. The highest BCUT2D eigenvalue weighted by molar-refractivity contribution is 6.02. The van der Waals surface area contributed by atoms with E-state index >= 15 is 0 Å². The number of likely N-dealkylation sites (N-methyl/N-ethyl adjacent to an activating group) is 1. The lowest BCUT2D eigenvalue weighted by atomic mass is 10.1. The first-order chi connectivity index (χ1) is 6.16. The number of amides is 1. The molecule has 1 aliphatic rings. The Hall–Kier alpha value is -1.12. The van der Waals surface area contributed by atoms with Gasteiger partial charge in [-0.3, -0.25) is 9.59 Å². The van der Waals surface area contributed by atoms with Crippen LogP contribution in [-0.2, 0) is 9.59 Å². The Morgan fingerprint density at radius 3 is 2.92 bits per heavy atom. The van der Waals surface area contributed by atoms with E-state index in [4.69, 9.17) is 0 Å². The quantitative estimate of drug-likeness (QED) is 0.481. The molecule has 0 heterocycles. The van der Waals surface area contributed by atoms with Gasteiger partial charge in [0.1, 0.15) is 5.78 Å². The number of ketones is 1. The van der Waals surface area contributed by atoms with Crippen molar-refractivity contribution in [2.75, 3.05) is 13.6 Å². The van der Waals surface area contributed by atoms with Crippen LogP contribution in [0.5, 0.6) is 0 Å². The van der Waals surface area contributed by atoms with Gasteiger partial charge in [-0.2, -0.15) is 0 Å². The highest BCUT2D eigenvalue weighted by Crippen LogP contribution is 2.22. The Kier molecular flexibility index (Phi) is 3.23. The van der Waals surface area contributed by atoms with Crippen LogP contribution in [0.15, 0.2) is 12.7 Å². The molecule has 1 amide bonds. The fourth-order valence-corrected chi connectivity index (χ4v) is 1.63. The summed E-state index contributed by atoms with van der Waals surface area (Å²) in [5.74, 6) is -0.326. The molecular weight excluding hydrogens is 166 g/mol. The second-order valence-electron chi connectivity index (χ2n) is 3.42. The first-order valence-corrected chi connectivity index (χ1v) is 4.55. The maximum absolute atomic E-state index is 11.6. The summed E-state index contributed by atoms with van der Waals surface area (Å²) < 4.78 is 0. The van der Waals surface area contributed by atoms with E-state index in [1.807, 2.05) is 0 Å². The maximum atomic E-state index is 11.6. The molecule has 3 nitrogen and oxygen atoms in total. The van der Waals surface area contributed by atoms with Crippen LogP contribution in [0.25, 0.3) is 0 Å². The van der Waals surface area contributed by atoms with E-state index in [1.165, 1.54) is 0 Å². The zero-order valence-corrected chi connectivity index (χ0v) is 7.95. The second-order valence-corrected chi connectivity index (χ2v) is 3.42. The van der Waals surface area contributed by atoms with Gasteiger partial charge in [0, 0.05) is 20.0 Å². The van der Waals surface area contributed by atoms with Gasteiger partial charge >= 0.3 is 0 Å². The van der Waals surface area contributed by atoms with Crippen LogP contribution in [0, 0.1) is 5.92 Å². The lowest BCUT2D eigenvalue weighted by Gasteiger charge is -2.18. The van der Waals surface area contributed by atoms with Gasteiger partial charge in [-0.15, -0.1) is 6.58 Å². The Bertz CT molecular complexity index is 235. The minimum absolute atomic E-state index is 0.0533. The second kappa shape index (κ2) is 4.21. The van der Waals surface area contributed by atoms with Crippen molar-refractivity contribution in [3.05, 3.63) is 12.7 Å². The smallest absolute Gasteiger partial charge is 0.233 e. The molecule has 1 fully saturated rings. The summed E-state index contributed by atoms with van der Waals surface area (Å²) >= 11 is 0. The highest BCUT2D eigenvalue weighted by Gasteiger charge is 2.32. The van der Waals surface area contributed by atoms with Crippen molar-refractivity contribution in [3.63, 3.8) is 0 Å². The fraction of sp³-hybridized carbons (Fsp3) is 0.600. The molecule has 0 aromatic heterocycles. The molecule has 1 saturated carbocycles. The largest absolute Gasteiger partial charge is 0.341 e. The predicted molar refractivity (Wildman–Crippen MR) is 50.2 cm³/mol. The van der Waals surface area contributed by atoms with Crippen LogP contribution >= 0.6 is 0 Å². The average Bonchev–Trinajstić information content (AvgIpc) is 2.50. The monoisotopic (exact) mass is 181 g/mol. The minimum atomic E-state index is -0.370. The number of rotatable bonds is 3. The third-order valence-electron chi connectivity index (χ3n) is 2.38. The summed E-state index contributed by atoms with van der Waals surface area (Å²) in [5.41, 5.74) is 0. The zero-order chi connectivity index (χ0) is 9.84. The normalized spacial score (nSPS) is 21.6. The first-order valence-electron chi connectivity index (χ1n) is 4.55. The number of carbonyl (C=O) groups is 2. The van der Waals surface area contributed by atoms with Gasteiger partial charge in [0.2, 0.25) is 5.91 Å². The molecule has 1 atom stereocenters. The molecule has 0 N–H and O–H groups in total. The fourth-order valence-electron chi connectivity index (χ4n) is 1.63. The summed E-state index contributed by atoms with van der Waals surface area (Å²) in [7, 11) is 1.70. The molecule has 1 rings (SSSR count). The third-order valence-corrected chi connectivity index (χ3v) is 2.38. The minimum Gasteiger partial charge on any atom is -0.341 e. The standard InChI is InChI=1S/C10H15NO2/c1-3-7-11(2)10(13)8-5-4-6-9(8)12/h3,8H,1,4-7H2,2H3. The molecular formula is C10H15NO2. The van der Waals surface area contributed by atoms with Crippen molar-refractivity contribution < 1.29 is 9.59 Å². The SMILES string of the molecule is C=CCN(C)C(=O)C1CCCC1=O. The van der Waals surface area contributed by atoms with Crippen LogP contribution in [0.1, 0.15) is 19.3 Å². The summed E-state index contributed by atoms with van der Waals surface area (Å²) in [6, 6.07) is 0. The number of hydrogen-bond donors (Lipinski definition) is 0. The van der Waals surface area contributed by atoms with Crippen LogP contribution in [0.3, 0.4) is 0 Å². The summed E-state index contributed by atoms with van der Waals surface area (Å²) in [6.07, 6.45) is 3.81. The van der Waals surface area contributed by atoms with E-state index in [0.29, 0.717) is 13.0 Å². The Morgan fingerprint density at radius 1 is 1.77 bits per heavy atom. The Labute approximate surface area is 78.4 Å². The summed E-state index contributed by atoms with van der Waals surface area (Å²) in [4.78, 5) is 24.4. The van der Waals surface area contributed by atoms with Crippen molar-refractivity contribution in [2.24, 2.45) is 5.92 Å². The Balaban J connectivity index is 2.55. The molecule has 72 valence electrons. The molecule has 0 saturated heterocycles. The number of nitrogens with zero attached hydrogens (tertiary/aromatic N) is 1. The van der Waals surface area contributed by atoms with Crippen LogP contribution in [0.2, 0.25) is 0 Å². The van der Waals surface area contributed by atoms with E-state index in [9.17, 15) is 9.59 Å². The molecule has 13 heavy (non-hydrogen) atoms. The van der Waals surface area contributed by atoms with E-state index in [2.05, 4.69) is 6.58 Å². The van der Waals surface area contributed by atoms with Gasteiger partial charge in [0.05, 0.1) is 5.92 Å². The maximum Gasteiger partial charge on any atom is 0.233 e. The lowest BCUT2D eigenvalue weighted by molar-refractivity contribution is -0.138. The molecule has 0 aromatic carbocycles.